The van der Waals surface area contributed by atoms with Gasteiger partial charge in [-0.15, -0.1) is 0 Å². The molecular formula is C26H23F3N4O5. The summed E-state index contributed by atoms with van der Waals surface area (Å²) >= 11 is 0. The molecule has 3 aromatic heterocycles. The number of fused-ring (bicyclic) bond motifs is 1. The van der Waals surface area contributed by atoms with Crippen molar-refractivity contribution in [3.05, 3.63) is 92.0 Å². The monoisotopic (exact) mass is 528 g/mol. The molecule has 4 aromatic rings. The number of carbonyl (C=O) groups excluding carboxylic acids is 1. The summed E-state index contributed by atoms with van der Waals surface area (Å²) in [6.45, 7) is 2.18. The minimum absolute atomic E-state index is 0.0112. The highest BCUT2D eigenvalue weighted by molar-refractivity contribution is 5.81. The van der Waals surface area contributed by atoms with E-state index < -0.39 is 23.0 Å². The maximum atomic E-state index is 13.6. The van der Waals surface area contributed by atoms with E-state index in [0.717, 1.165) is 28.0 Å². The molecule has 198 valence electrons. The van der Waals surface area contributed by atoms with Crippen molar-refractivity contribution < 1.29 is 27.4 Å². The number of hydrogen-bond donors (Lipinski definition) is 0. The fourth-order valence-corrected chi connectivity index (χ4v) is 3.97. The zero-order valence-electron chi connectivity index (χ0n) is 20.5. The van der Waals surface area contributed by atoms with Gasteiger partial charge < -0.3 is 9.47 Å². The Balaban J connectivity index is 1.90. The highest BCUT2D eigenvalue weighted by atomic mass is 19.4. The van der Waals surface area contributed by atoms with Crippen LogP contribution in [-0.4, -0.2) is 32.2 Å². The van der Waals surface area contributed by atoms with Crippen molar-refractivity contribution in [3.63, 3.8) is 0 Å². The predicted octanol–water partition coefficient (Wildman–Crippen LogP) is 3.76. The van der Waals surface area contributed by atoms with Crippen molar-refractivity contribution in [1.29, 1.82) is 0 Å². The third-order valence-electron chi connectivity index (χ3n) is 5.90. The number of halogens is 3. The molecule has 38 heavy (non-hydrogen) atoms. The number of pyridine rings is 2. The summed E-state index contributed by atoms with van der Waals surface area (Å²) in [6.07, 6.45) is -1.16. The lowest BCUT2D eigenvalue weighted by Crippen LogP contribution is -2.40. The van der Waals surface area contributed by atoms with Gasteiger partial charge in [0, 0.05) is 31.8 Å². The fourth-order valence-electron chi connectivity index (χ4n) is 3.97. The first-order valence-corrected chi connectivity index (χ1v) is 11.5. The highest BCUT2D eigenvalue weighted by Crippen LogP contribution is 2.34. The fraction of sp³-hybridized carbons (Fsp3) is 0.269. The van der Waals surface area contributed by atoms with Crippen molar-refractivity contribution in [2.45, 2.75) is 32.5 Å². The van der Waals surface area contributed by atoms with E-state index in [1.807, 2.05) is 31.2 Å². The second-order valence-electron chi connectivity index (χ2n) is 8.59. The number of carbonyl (C=O) groups is 1. The lowest BCUT2D eigenvalue weighted by atomic mass is 10.0. The number of nitrogens with zero attached hydrogens (tertiary/aromatic N) is 4. The molecule has 9 nitrogen and oxygen atoms in total. The van der Waals surface area contributed by atoms with Gasteiger partial charge in [-0.05, 0) is 25.0 Å². The molecule has 3 heterocycles. The average Bonchev–Trinajstić information content (AvgIpc) is 2.88. The van der Waals surface area contributed by atoms with Gasteiger partial charge >= 0.3 is 11.9 Å². The summed E-state index contributed by atoms with van der Waals surface area (Å²) in [6, 6.07) is 8.29. The number of aryl methyl sites for hydroxylation is 2. The minimum Gasteiger partial charge on any atom is -0.468 e. The molecule has 0 amide bonds. The van der Waals surface area contributed by atoms with Crippen LogP contribution in [0.15, 0.2) is 58.5 Å². The second kappa shape index (κ2) is 10.9. The molecule has 0 N–H and O–H groups in total. The summed E-state index contributed by atoms with van der Waals surface area (Å²) in [5, 5.41) is 0.0846. The number of benzene rings is 1. The molecule has 0 atom stereocenters. The average molecular weight is 528 g/mol. The third kappa shape index (κ3) is 5.58. The first-order chi connectivity index (χ1) is 18.1. The van der Waals surface area contributed by atoms with E-state index in [-0.39, 0.29) is 55.0 Å². The lowest BCUT2D eigenvalue weighted by molar-refractivity contribution is -0.138. The molecule has 0 saturated heterocycles. The van der Waals surface area contributed by atoms with Crippen LogP contribution in [-0.2, 0) is 35.7 Å². The van der Waals surface area contributed by atoms with E-state index in [1.54, 1.807) is 0 Å². The molecule has 4 rings (SSSR count). The van der Waals surface area contributed by atoms with Crippen LogP contribution < -0.4 is 16.0 Å². The predicted molar refractivity (Wildman–Crippen MR) is 131 cm³/mol. The Bertz CT molecular complexity index is 1590. The van der Waals surface area contributed by atoms with Crippen molar-refractivity contribution in [2.24, 2.45) is 7.05 Å². The van der Waals surface area contributed by atoms with Crippen LogP contribution in [0, 0.1) is 6.92 Å². The van der Waals surface area contributed by atoms with Gasteiger partial charge in [-0.1, -0.05) is 29.8 Å². The largest absolute Gasteiger partial charge is 0.468 e. The van der Waals surface area contributed by atoms with E-state index in [4.69, 9.17) is 4.74 Å². The summed E-state index contributed by atoms with van der Waals surface area (Å²) in [5.41, 5.74) is 0.00363. The van der Waals surface area contributed by atoms with Gasteiger partial charge in [0.1, 0.15) is 17.1 Å². The van der Waals surface area contributed by atoms with Crippen LogP contribution in [0.2, 0.25) is 0 Å². The van der Waals surface area contributed by atoms with Crippen LogP contribution in [0.3, 0.4) is 0 Å². The Morgan fingerprint density at radius 3 is 2.50 bits per heavy atom. The first kappa shape index (κ1) is 26.6. The molecule has 0 spiro atoms. The third-order valence-corrected chi connectivity index (χ3v) is 5.90. The van der Waals surface area contributed by atoms with Crippen molar-refractivity contribution in [1.82, 2.24) is 19.1 Å². The highest BCUT2D eigenvalue weighted by Gasteiger charge is 2.31. The Labute approximate surface area is 214 Å². The van der Waals surface area contributed by atoms with Crippen LogP contribution in [0.25, 0.3) is 11.0 Å². The lowest BCUT2D eigenvalue weighted by Gasteiger charge is -2.17. The Morgan fingerprint density at radius 2 is 1.82 bits per heavy atom. The van der Waals surface area contributed by atoms with Gasteiger partial charge in [-0.25, -0.2) is 9.78 Å². The molecule has 0 fully saturated rings. The van der Waals surface area contributed by atoms with Crippen LogP contribution in [0.1, 0.15) is 28.7 Å². The summed E-state index contributed by atoms with van der Waals surface area (Å²) in [7, 11) is 1.46. The minimum atomic E-state index is -4.63. The van der Waals surface area contributed by atoms with Crippen LogP contribution in [0.5, 0.6) is 11.5 Å². The van der Waals surface area contributed by atoms with E-state index in [1.165, 1.54) is 17.8 Å². The normalized spacial score (nSPS) is 11.5. The Kier molecular flexibility index (Phi) is 7.60. The van der Waals surface area contributed by atoms with Crippen molar-refractivity contribution in [2.75, 3.05) is 6.61 Å². The number of hydrogen-bond acceptors (Lipinski definition) is 7. The van der Waals surface area contributed by atoms with E-state index >= 15 is 0 Å². The molecule has 0 unspecified atom stereocenters. The Morgan fingerprint density at radius 1 is 1.08 bits per heavy atom. The maximum Gasteiger partial charge on any atom is 0.418 e. The van der Waals surface area contributed by atoms with Crippen LogP contribution in [0.4, 0.5) is 13.2 Å². The molecule has 1 aromatic carbocycles. The number of ether oxygens (including phenoxy) is 2. The SMILES string of the molecule is Cc1ccc(Cc2c(Oc3cncc(C(F)(F)F)c3)cnc3c2c(=O)n(CCCOC=O)c(=O)n3C)cc1. The number of aromatic nitrogens is 4. The molecule has 0 bridgehead atoms. The number of alkyl halides is 3. The van der Waals surface area contributed by atoms with E-state index in [0.29, 0.717) is 11.8 Å². The smallest absolute Gasteiger partial charge is 0.418 e. The van der Waals surface area contributed by atoms with Crippen molar-refractivity contribution >= 4 is 17.5 Å². The van der Waals surface area contributed by atoms with Gasteiger partial charge in [-0.2, -0.15) is 13.2 Å². The van der Waals surface area contributed by atoms with Gasteiger partial charge in [0.25, 0.3) is 12.0 Å². The molecule has 0 aliphatic heterocycles. The van der Waals surface area contributed by atoms with E-state index in [2.05, 4.69) is 14.7 Å². The Hall–Kier alpha value is -4.48. The molecular weight excluding hydrogens is 505 g/mol. The molecule has 0 saturated carbocycles. The maximum absolute atomic E-state index is 13.6. The van der Waals surface area contributed by atoms with Gasteiger partial charge in [0.2, 0.25) is 0 Å². The standard InChI is InChI=1S/C26H23F3N4O5/c1-16-4-6-17(7-5-16)10-20-21(38-19-11-18(12-30-13-19)26(27,28)29)14-31-23-22(20)24(35)33(25(36)32(23)2)8-3-9-37-15-34/h4-7,11-15H,3,8-10H2,1-2H3. The quantitative estimate of drug-likeness (QED) is 0.241. The molecule has 0 radical (unpaired) electrons. The summed E-state index contributed by atoms with van der Waals surface area (Å²) in [5.74, 6) is -0.145. The summed E-state index contributed by atoms with van der Waals surface area (Å²) < 4.78 is 52.4. The topological polar surface area (TPSA) is 105 Å². The van der Waals surface area contributed by atoms with Gasteiger partial charge in [0.05, 0.1) is 30.0 Å². The molecule has 0 aliphatic rings. The summed E-state index contributed by atoms with van der Waals surface area (Å²) in [4.78, 5) is 44.8. The second-order valence-corrected chi connectivity index (χ2v) is 8.59. The van der Waals surface area contributed by atoms with E-state index in [9.17, 15) is 27.6 Å². The molecule has 12 heteroatoms. The van der Waals surface area contributed by atoms with Gasteiger partial charge in [0.15, 0.2) is 0 Å². The zero-order chi connectivity index (χ0) is 27.4. The number of rotatable bonds is 9. The van der Waals surface area contributed by atoms with Crippen LogP contribution >= 0.6 is 0 Å². The van der Waals surface area contributed by atoms with Gasteiger partial charge in [-0.3, -0.25) is 23.7 Å². The van der Waals surface area contributed by atoms with Crippen molar-refractivity contribution in [3.8, 4) is 11.5 Å². The molecule has 0 aliphatic carbocycles. The zero-order valence-corrected chi connectivity index (χ0v) is 20.5. The first-order valence-electron chi connectivity index (χ1n) is 11.5.